The Kier molecular flexibility index (Phi) is 9.05. The molecule has 1 unspecified atom stereocenters. The standard InChI is InChI=1S/C26H29ClF3N5O3/c1-25(38)11-3-6-20(22(25)34-18-5-2-4-17(27)14-18)21(31)15-33-24(37)35(13-12-26(28,29)30)23(32)16-7-9-19(36)10-8-16/h2,4-5,7-10,14,32,36,38H,3,6,11-13,15,31H2,1H3,(H,33,37)/b21-20-,32-23?,34-22?. The molecule has 1 atom stereocenters. The van der Waals surface area contributed by atoms with Crippen LogP contribution in [0.4, 0.5) is 23.7 Å². The van der Waals surface area contributed by atoms with Gasteiger partial charge >= 0.3 is 12.2 Å². The van der Waals surface area contributed by atoms with E-state index in [9.17, 15) is 28.2 Å². The molecule has 2 aromatic rings. The third-order valence-electron chi connectivity index (χ3n) is 6.03. The molecule has 2 aromatic carbocycles. The van der Waals surface area contributed by atoms with Crippen LogP contribution in [0.2, 0.25) is 5.02 Å². The quantitative estimate of drug-likeness (QED) is 0.247. The number of urea groups is 1. The number of aromatic hydroxyl groups is 1. The summed E-state index contributed by atoms with van der Waals surface area (Å²) in [7, 11) is 0. The Hall–Kier alpha value is -3.57. The highest BCUT2D eigenvalue weighted by atomic mass is 35.5. The van der Waals surface area contributed by atoms with E-state index in [0.29, 0.717) is 46.2 Å². The molecule has 204 valence electrons. The number of alkyl halides is 3. The predicted octanol–water partition coefficient (Wildman–Crippen LogP) is 5.26. The number of nitrogens with one attached hydrogen (secondary N) is 2. The number of hydrogen-bond acceptors (Lipinski definition) is 6. The molecule has 1 fully saturated rings. The SMILES string of the molecule is CC1(O)CCC/C(=C(/N)CNC(=O)N(CCC(F)(F)F)C(=N)c2ccc(O)cc2)C1=Nc1cccc(Cl)c1. The van der Waals surface area contributed by atoms with E-state index in [4.69, 9.17) is 22.7 Å². The molecule has 0 radical (unpaired) electrons. The van der Waals surface area contributed by atoms with Crippen LogP contribution >= 0.6 is 11.6 Å². The van der Waals surface area contributed by atoms with Gasteiger partial charge in [0, 0.05) is 22.8 Å². The molecule has 1 aliphatic rings. The van der Waals surface area contributed by atoms with Crippen molar-refractivity contribution in [3.8, 4) is 5.75 Å². The monoisotopic (exact) mass is 551 g/mol. The van der Waals surface area contributed by atoms with Gasteiger partial charge in [-0.15, -0.1) is 0 Å². The predicted molar refractivity (Wildman–Crippen MR) is 140 cm³/mol. The fourth-order valence-electron chi connectivity index (χ4n) is 4.05. The molecule has 12 heteroatoms. The third-order valence-corrected chi connectivity index (χ3v) is 6.26. The number of phenols is 1. The Balaban J connectivity index is 1.85. The Labute approximate surface area is 223 Å². The summed E-state index contributed by atoms with van der Waals surface area (Å²) in [5.74, 6) is -0.562. The molecule has 0 bridgehead atoms. The lowest BCUT2D eigenvalue weighted by atomic mass is 9.80. The van der Waals surface area contributed by atoms with Crippen LogP contribution in [0, 0.1) is 5.41 Å². The number of nitrogens with two attached hydrogens (primary N) is 1. The molecule has 8 nitrogen and oxygen atoms in total. The van der Waals surface area contributed by atoms with Crippen LogP contribution in [0.3, 0.4) is 0 Å². The van der Waals surface area contributed by atoms with Crippen LogP contribution < -0.4 is 11.1 Å². The summed E-state index contributed by atoms with van der Waals surface area (Å²) in [5.41, 5.74) is 6.69. The number of halogens is 4. The normalized spacial score (nSPS) is 20.2. The van der Waals surface area contributed by atoms with Crippen molar-refractivity contribution < 1.29 is 28.2 Å². The van der Waals surface area contributed by atoms with Gasteiger partial charge in [-0.05, 0) is 74.2 Å². The van der Waals surface area contributed by atoms with Crippen LogP contribution in [0.1, 0.15) is 38.2 Å². The lowest BCUT2D eigenvalue weighted by Crippen LogP contribution is -2.47. The average Bonchev–Trinajstić information content (AvgIpc) is 2.83. The minimum absolute atomic E-state index is 0.0918. The first kappa shape index (κ1) is 29.0. The molecule has 0 aromatic heterocycles. The topological polar surface area (TPSA) is 135 Å². The highest BCUT2D eigenvalue weighted by Gasteiger charge is 2.35. The molecule has 0 saturated heterocycles. The molecule has 0 spiro atoms. The van der Waals surface area contributed by atoms with E-state index in [2.05, 4.69) is 10.3 Å². The van der Waals surface area contributed by atoms with E-state index >= 15 is 0 Å². The number of phenolic OH excluding ortho intramolecular Hbond substituents is 1. The molecule has 1 aliphatic carbocycles. The Morgan fingerprint density at radius 3 is 2.58 bits per heavy atom. The highest BCUT2D eigenvalue weighted by Crippen LogP contribution is 2.33. The van der Waals surface area contributed by atoms with Gasteiger partial charge in [0.15, 0.2) is 0 Å². The first-order valence-electron chi connectivity index (χ1n) is 11.8. The molecule has 38 heavy (non-hydrogen) atoms. The second-order valence-corrected chi connectivity index (χ2v) is 9.58. The van der Waals surface area contributed by atoms with Crippen LogP contribution in [0.15, 0.2) is 64.8 Å². The van der Waals surface area contributed by atoms with Crippen molar-refractivity contribution in [1.82, 2.24) is 10.2 Å². The number of aliphatic imine (C=N–C) groups is 1. The Bertz CT molecular complexity index is 1240. The number of carbonyl (C=O) groups is 1. The number of amidine groups is 1. The molecule has 0 aliphatic heterocycles. The lowest BCUT2D eigenvalue weighted by Gasteiger charge is -2.33. The largest absolute Gasteiger partial charge is 0.508 e. The smallest absolute Gasteiger partial charge is 0.390 e. The summed E-state index contributed by atoms with van der Waals surface area (Å²) < 4.78 is 38.8. The van der Waals surface area contributed by atoms with Crippen LogP contribution in [-0.4, -0.2) is 57.6 Å². The van der Waals surface area contributed by atoms with Crippen LogP contribution in [0.5, 0.6) is 5.75 Å². The van der Waals surface area contributed by atoms with Gasteiger partial charge in [0.05, 0.1) is 24.4 Å². The van der Waals surface area contributed by atoms with Gasteiger partial charge in [0.1, 0.15) is 17.2 Å². The van der Waals surface area contributed by atoms with Gasteiger partial charge in [-0.2, -0.15) is 13.2 Å². The minimum atomic E-state index is -4.55. The van der Waals surface area contributed by atoms with E-state index in [-0.39, 0.29) is 23.6 Å². The van der Waals surface area contributed by atoms with Crippen molar-refractivity contribution in [2.24, 2.45) is 10.7 Å². The second-order valence-electron chi connectivity index (χ2n) is 9.14. The van der Waals surface area contributed by atoms with Crippen molar-refractivity contribution in [3.63, 3.8) is 0 Å². The maximum Gasteiger partial charge on any atom is 0.390 e. The zero-order valence-corrected chi connectivity index (χ0v) is 21.4. The fraction of sp³-hybridized carbons (Fsp3) is 0.346. The van der Waals surface area contributed by atoms with Gasteiger partial charge in [-0.25, -0.2) is 9.79 Å². The zero-order valence-electron chi connectivity index (χ0n) is 20.6. The zero-order chi connectivity index (χ0) is 28.1. The van der Waals surface area contributed by atoms with Gasteiger partial charge in [-0.3, -0.25) is 10.3 Å². The summed E-state index contributed by atoms with van der Waals surface area (Å²) in [5, 5.41) is 31.7. The summed E-state index contributed by atoms with van der Waals surface area (Å²) in [6, 6.07) is 11.0. The van der Waals surface area contributed by atoms with Crippen molar-refractivity contribution in [2.75, 3.05) is 13.1 Å². The average molecular weight is 552 g/mol. The molecule has 3 rings (SSSR count). The van der Waals surface area contributed by atoms with Crippen LogP contribution in [-0.2, 0) is 0 Å². The maximum atomic E-state index is 13.0. The van der Waals surface area contributed by atoms with Gasteiger partial charge in [0.2, 0.25) is 0 Å². The van der Waals surface area contributed by atoms with Crippen molar-refractivity contribution >= 4 is 34.9 Å². The summed E-state index contributed by atoms with van der Waals surface area (Å²) in [6.45, 7) is 0.575. The maximum absolute atomic E-state index is 13.0. The molecule has 1 saturated carbocycles. The molecule has 2 amide bonds. The van der Waals surface area contributed by atoms with E-state index in [1.54, 1.807) is 31.2 Å². The van der Waals surface area contributed by atoms with Crippen molar-refractivity contribution in [2.45, 2.75) is 44.4 Å². The molecule has 0 heterocycles. The number of amides is 2. The van der Waals surface area contributed by atoms with Crippen LogP contribution in [0.25, 0.3) is 0 Å². The lowest BCUT2D eigenvalue weighted by molar-refractivity contribution is -0.135. The Morgan fingerprint density at radius 1 is 1.26 bits per heavy atom. The first-order chi connectivity index (χ1) is 17.8. The molecule has 6 N–H and O–H groups in total. The van der Waals surface area contributed by atoms with E-state index in [1.807, 2.05) is 0 Å². The second kappa shape index (κ2) is 11.9. The molecular formula is C26H29ClF3N5O3. The van der Waals surface area contributed by atoms with Crippen molar-refractivity contribution in [1.29, 1.82) is 5.41 Å². The highest BCUT2D eigenvalue weighted by molar-refractivity contribution is 6.30. The number of hydrogen-bond donors (Lipinski definition) is 5. The van der Waals surface area contributed by atoms with E-state index in [1.165, 1.54) is 24.3 Å². The first-order valence-corrected chi connectivity index (χ1v) is 12.2. The number of rotatable bonds is 6. The van der Waals surface area contributed by atoms with Gasteiger partial charge in [-0.1, -0.05) is 17.7 Å². The number of aliphatic hydroxyl groups is 1. The summed E-state index contributed by atoms with van der Waals surface area (Å²) in [6.07, 6.45) is -4.36. The number of carbonyl (C=O) groups excluding carboxylic acids is 1. The fourth-order valence-corrected chi connectivity index (χ4v) is 4.23. The summed E-state index contributed by atoms with van der Waals surface area (Å²) in [4.78, 5) is 18.2. The van der Waals surface area contributed by atoms with Gasteiger partial charge in [0.25, 0.3) is 0 Å². The molecular weight excluding hydrogens is 523 g/mol. The third kappa shape index (κ3) is 7.72. The van der Waals surface area contributed by atoms with E-state index in [0.717, 1.165) is 0 Å². The van der Waals surface area contributed by atoms with Crippen molar-refractivity contribution in [3.05, 3.63) is 70.4 Å². The van der Waals surface area contributed by atoms with E-state index < -0.39 is 36.6 Å². The van der Waals surface area contributed by atoms with Gasteiger partial charge < -0.3 is 21.3 Å². The Morgan fingerprint density at radius 2 is 1.95 bits per heavy atom. The number of benzene rings is 2. The summed E-state index contributed by atoms with van der Waals surface area (Å²) >= 11 is 6.06. The minimum Gasteiger partial charge on any atom is -0.508 e. The number of nitrogens with zero attached hydrogens (tertiary/aromatic N) is 2.